The van der Waals surface area contributed by atoms with Crippen LogP contribution in [0.15, 0.2) is 52.1 Å². The number of furan rings is 1. The van der Waals surface area contributed by atoms with Gasteiger partial charge in [0, 0.05) is 39.1 Å². The zero-order valence-electron chi connectivity index (χ0n) is 16.7. The van der Waals surface area contributed by atoms with Crippen LogP contribution in [-0.2, 0) is 11.2 Å². The highest BCUT2D eigenvalue weighted by molar-refractivity contribution is 14.0. The van der Waals surface area contributed by atoms with Crippen molar-refractivity contribution in [1.29, 1.82) is 0 Å². The molecule has 1 aliphatic heterocycles. The number of guanidine groups is 1. The van der Waals surface area contributed by atoms with Crippen molar-refractivity contribution >= 4 is 29.9 Å². The Morgan fingerprint density at radius 1 is 1.31 bits per heavy atom. The molecule has 29 heavy (non-hydrogen) atoms. The number of rotatable bonds is 9. The second-order valence-corrected chi connectivity index (χ2v) is 6.85. The van der Waals surface area contributed by atoms with Crippen LogP contribution >= 0.6 is 24.0 Å². The van der Waals surface area contributed by atoms with Gasteiger partial charge in [-0.15, -0.1) is 24.0 Å². The summed E-state index contributed by atoms with van der Waals surface area (Å²) in [5.41, 5.74) is 0. The molecule has 0 bridgehead atoms. The second-order valence-electron chi connectivity index (χ2n) is 6.85. The number of hydrogen-bond acceptors (Lipinski definition) is 4. The summed E-state index contributed by atoms with van der Waals surface area (Å²) in [6, 6.07) is 10.3. The Kier molecular flexibility index (Phi) is 10.3. The zero-order valence-corrected chi connectivity index (χ0v) is 19.0. The first-order valence-electron chi connectivity index (χ1n) is 9.69. The highest BCUT2D eigenvalue weighted by atomic mass is 127. The van der Waals surface area contributed by atoms with E-state index in [1.165, 1.54) is 6.07 Å². The van der Waals surface area contributed by atoms with Gasteiger partial charge in [0.1, 0.15) is 12.4 Å². The SMILES string of the molecule is CN(CCOc1ccccc1F)C(=NCC1CCOC1)NCCc1ccco1.I. The minimum atomic E-state index is -0.350. The summed E-state index contributed by atoms with van der Waals surface area (Å²) in [6.45, 7) is 3.97. The minimum absolute atomic E-state index is 0. The molecule has 1 unspecified atom stereocenters. The fraction of sp³-hybridized carbons (Fsp3) is 0.476. The number of benzene rings is 1. The van der Waals surface area contributed by atoms with E-state index in [9.17, 15) is 4.39 Å². The van der Waals surface area contributed by atoms with Crippen molar-refractivity contribution in [3.63, 3.8) is 0 Å². The predicted octanol–water partition coefficient (Wildman–Crippen LogP) is 3.57. The summed E-state index contributed by atoms with van der Waals surface area (Å²) >= 11 is 0. The van der Waals surface area contributed by atoms with Gasteiger partial charge in [0.05, 0.1) is 19.4 Å². The maximum absolute atomic E-state index is 13.7. The Morgan fingerprint density at radius 2 is 2.17 bits per heavy atom. The van der Waals surface area contributed by atoms with Crippen LogP contribution in [0.3, 0.4) is 0 Å². The van der Waals surface area contributed by atoms with Crippen molar-refractivity contribution in [3.05, 3.63) is 54.2 Å². The molecule has 1 aromatic carbocycles. The molecule has 8 heteroatoms. The fourth-order valence-corrected chi connectivity index (χ4v) is 2.97. The lowest BCUT2D eigenvalue weighted by molar-refractivity contribution is 0.187. The van der Waals surface area contributed by atoms with E-state index in [4.69, 9.17) is 18.9 Å². The average Bonchev–Trinajstić information content (AvgIpc) is 3.40. The summed E-state index contributed by atoms with van der Waals surface area (Å²) in [5.74, 6) is 2.11. The first kappa shape index (κ1) is 23.5. The molecular formula is C21H29FIN3O3. The molecule has 1 fully saturated rings. The van der Waals surface area contributed by atoms with E-state index >= 15 is 0 Å². The third-order valence-electron chi connectivity index (χ3n) is 4.64. The lowest BCUT2D eigenvalue weighted by Gasteiger charge is -2.23. The van der Waals surface area contributed by atoms with Crippen LogP contribution in [0.25, 0.3) is 0 Å². The van der Waals surface area contributed by atoms with Crippen LogP contribution in [0, 0.1) is 11.7 Å². The van der Waals surface area contributed by atoms with Gasteiger partial charge in [0.15, 0.2) is 17.5 Å². The van der Waals surface area contributed by atoms with Gasteiger partial charge in [0.25, 0.3) is 0 Å². The maximum atomic E-state index is 13.7. The molecule has 2 aromatic rings. The first-order chi connectivity index (χ1) is 13.7. The van der Waals surface area contributed by atoms with Crippen molar-refractivity contribution in [2.24, 2.45) is 10.9 Å². The number of para-hydroxylation sites is 1. The molecular weight excluding hydrogens is 488 g/mol. The molecule has 0 radical (unpaired) electrons. The van der Waals surface area contributed by atoms with E-state index < -0.39 is 0 Å². The van der Waals surface area contributed by atoms with Crippen molar-refractivity contribution in [3.8, 4) is 5.75 Å². The number of nitrogens with one attached hydrogen (secondary N) is 1. The van der Waals surface area contributed by atoms with Gasteiger partial charge in [-0.3, -0.25) is 4.99 Å². The highest BCUT2D eigenvalue weighted by Gasteiger charge is 2.16. The van der Waals surface area contributed by atoms with Gasteiger partial charge in [-0.1, -0.05) is 12.1 Å². The van der Waals surface area contributed by atoms with Gasteiger partial charge in [0.2, 0.25) is 0 Å². The molecule has 0 saturated carbocycles. The van der Waals surface area contributed by atoms with Crippen LogP contribution in [0.4, 0.5) is 4.39 Å². The summed E-state index contributed by atoms with van der Waals surface area (Å²) in [5, 5.41) is 3.39. The molecule has 1 aromatic heterocycles. The van der Waals surface area contributed by atoms with Crippen molar-refractivity contribution < 1.29 is 18.3 Å². The number of aliphatic imine (C=N–C) groups is 1. The molecule has 1 saturated heterocycles. The number of halogens is 2. The van der Waals surface area contributed by atoms with Crippen molar-refractivity contribution in [2.45, 2.75) is 12.8 Å². The summed E-state index contributed by atoms with van der Waals surface area (Å²) in [7, 11) is 1.95. The second kappa shape index (κ2) is 12.7. The number of likely N-dealkylation sites (N-methyl/N-ethyl adjacent to an activating group) is 1. The largest absolute Gasteiger partial charge is 0.489 e. The smallest absolute Gasteiger partial charge is 0.193 e. The van der Waals surface area contributed by atoms with Crippen LogP contribution in [-0.4, -0.2) is 57.4 Å². The van der Waals surface area contributed by atoms with E-state index in [1.54, 1.807) is 24.5 Å². The lowest BCUT2D eigenvalue weighted by atomic mass is 10.1. The Bertz CT molecular complexity index is 737. The monoisotopic (exact) mass is 517 g/mol. The van der Waals surface area contributed by atoms with Gasteiger partial charge in [-0.25, -0.2) is 4.39 Å². The predicted molar refractivity (Wildman–Crippen MR) is 122 cm³/mol. The third-order valence-corrected chi connectivity index (χ3v) is 4.64. The van der Waals surface area contributed by atoms with E-state index in [1.807, 2.05) is 24.1 Å². The first-order valence-corrected chi connectivity index (χ1v) is 9.69. The quantitative estimate of drug-likeness (QED) is 0.313. The normalized spacial score (nSPS) is 16.3. The molecule has 1 atom stereocenters. The number of hydrogen-bond donors (Lipinski definition) is 1. The molecule has 0 spiro atoms. The standard InChI is InChI=1S/C21H28FN3O3.HI/c1-25(11-14-28-20-7-3-2-6-19(20)22)21(24-15-17-9-13-26-16-17)23-10-8-18-5-4-12-27-18;/h2-7,12,17H,8-11,13-16H2,1H3,(H,23,24);1H. The van der Waals surface area contributed by atoms with Crippen molar-refractivity contribution in [2.75, 3.05) is 46.5 Å². The fourth-order valence-electron chi connectivity index (χ4n) is 2.97. The average molecular weight is 517 g/mol. The highest BCUT2D eigenvalue weighted by Crippen LogP contribution is 2.15. The Hall–Kier alpha value is -1.81. The van der Waals surface area contributed by atoms with Crippen LogP contribution < -0.4 is 10.1 Å². The minimum Gasteiger partial charge on any atom is -0.489 e. The van der Waals surface area contributed by atoms with E-state index in [2.05, 4.69) is 5.32 Å². The van der Waals surface area contributed by atoms with E-state index in [0.29, 0.717) is 25.6 Å². The Balaban J connectivity index is 0.00000300. The van der Waals surface area contributed by atoms with Gasteiger partial charge >= 0.3 is 0 Å². The van der Waals surface area contributed by atoms with Gasteiger partial charge in [-0.2, -0.15) is 0 Å². The third kappa shape index (κ3) is 7.85. The molecule has 2 heterocycles. The molecule has 1 N–H and O–H groups in total. The molecule has 3 rings (SSSR count). The Morgan fingerprint density at radius 3 is 2.90 bits per heavy atom. The maximum Gasteiger partial charge on any atom is 0.193 e. The zero-order chi connectivity index (χ0) is 19.6. The van der Waals surface area contributed by atoms with Crippen LogP contribution in [0.2, 0.25) is 0 Å². The van der Waals surface area contributed by atoms with Gasteiger partial charge < -0.3 is 24.1 Å². The van der Waals surface area contributed by atoms with Crippen LogP contribution in [0.1, 0.15) is 12.2 Å². The molecule has 1 aliphatic rings. The molecule has 160 valence electrons. The summed E-state index contributed by atoms with van der Waals surface area (Å²) < 4.78 is 30.0. The Labute approximate surface area is 188 Å². The molecule has 0 aliphatic carbocycles. The van der Waals surface area contributed by atoms with Gasteiger partial charge in [-0.05, 0) is 30.7 Å². The van der Waals surface area contributed by atoms with Crippen LogP contribution in [0.5, 0.6) is 5.75 Å². The summed E-state index contributed by atoms with van der Waals surface area (Å²) in [4.78, 5) is 6.76. The summed E-state index contributed by atoms with van der Waals surface area (Å²) in [6.07, 6.45) is 3.50. The lowest BCUT2D eigenvalue weighted by Crippen LogP contribution is -2.42. The molecule has 6 nitrogen and oxygen atoms in total. The van der Waals surface area contributed by atoms with E-state index in [0.717, 1.165) is 44.3 Å². The molecule has 0 amide bonds. The number of nitrogens with zero attached hydrogens (tertiary/aromatic N) is 2. The topological polar surface area (TPSA) is 59.2 Å². The van der Waals surface area contributed by atoms with E-state index in [-0.39, 0.29) is 35.5 Å². The van der Waals surface area contributed by atoms with Crippen molar-refractivity contribution in [1.82, 2.24) is 10.2 Å². The number of ether oxygens (including phenoxy) is 2.